The van der Waals surface area contributed by atoms with Gasteiger partial charge in [0.1, 0.15) is 0 Å². The monoisotopic (exact) mass is 248 g/mol. The summed E-state index contributed by atoms with van der Waals surface area (Å²) in [4.78, 5) is 12.0. The van der Waals surface area contributed by atoms with E-state index in [0.717, 1.165) is 5.56 Å². The molecule has 0 aliphatic carbocycles. The van der Waals surface area contributed by atoms with Gasteiger partial charge in [0, 0.05) is 17.4 Å². The Balaban J connectivity index is 1.91. The van der Waals surface area contributed by atoms with Gasteiger partial charge in [0.05, 0.1) is 12.7 Å². The lowest BCUT2D eigenvalue weighted by molar-refractivity contribution is -0.123. The zero-order chi connectivity index (χ0) is 13.2. The quantitative estimate of drug-likeness (QED) is 0.771. The van der Waals surface area contributed by atoms with Crippen LogP contribution in [0.5, 0.6) is 0 Å². The van der Waals surface area contributed by atoms with Crippen molar-refractivity contribution in [1.82, 2.24) is 0 Å². The lowest BCUT2D eigenvalue weighted by Gasteiger charge is -2.25. The first-order valence-electron chi connectivity index (χ1n) is 6.32. The van der Waals surface area contributed by atoms with E-state index in [1.54, 1.807) is 0 Å². The molecule has 0 amide bonds. The van der Waals surface area contributed by atoms with Crippen molar-refractivity contribution in [3.8, 4) is 0 Å². The highest BCUT2D eigenvalue weighted by atomic mass is 16.7. The van der Waals surface area contributed by atoms with Crippen LogP contribution in [0.15, 0.2) is 30.3 Å². The summed E-state index contributed by atoms with van der Waals surface area (Å²) in [5, 5.41) is 0. The Kier molecular flexibility index (Phi) is 3.83. The Morgan fingerprint density at radius 2 is 1.94 bits per heavy atom. The molecule has 1 aliphatic rings. The van der Waals surface area contributed by atoms with Crippen LogP contribution < -0.4 is 0 Å². The third kappa shape index (κ3) is 3.18. The number of rotatable bonds is 3. The first-order chi connectivity index (χ1) is 8.47. The normalized spacial score (nSPS) is 24.2. The summed E-state index contributed by atoms with van der Waals surface area (Å²) in [7, 11) is 0. The molecule has 3 nitrogen and oxygen atoms in total. The smallest absolute Gasteiger partial charge is 0.165 e. The van der Waals surface area contributed by atoms with Gasteiger partial charge in [-0.3, -0.25) is 4.79 Å². The molecule has 0 unspecified atom stereocenters. The highest BCUT2D eigenvalue weighted by molar-refractivity contribution is 5.96. The molecule has 1 aromatic rings. The summed E-state index contributed by atoms with van der Waals surface area (Å²) in [5.74, 6) is 0.110. The minimum atomic E-state index is -0.217. The molecule has 0 radical (unpaired) electrons. The summed E-state index contributed by atoms with van der Waals surface area (Å²) < 4.78 is 11.4. The van der Waals surface area contributed by atoms with Crippen molar-refractivity contribution in [3.63, 3.8) is 0 Å². The average Bonchev–Trinajstić information content (AvgIpc) is 2.78. The summed E-state index contributed by atoms with van der Waals surface area (Å²) in [6, 6.07) is 9.31. The first kappa shape index (κ1) is 13.2. The molecule has 0 spiro atoms. The van der Waals surface area contributed by atoms with E-state index < -0.39 is 0 Å². The first-order valence-corrected chi connectivity index (χ1v) is 6.32. The molecule has 0 bridgehead atoms. The lowest BCUT2D eigenvalue weighted by Crippen LogP contribution is -2.28. The summed E-state index contributed by atoms with van der Waals surface area (Å²) in [6.45, 7) is 6.71. The van der Waals surface area contributed by atoms with Crippen molar-refractivity contribution in [3.05, 3.63) is 35.9 Å². The predicted octanol–water partition coefficient (Wildman–Crippen LogP) is 3.05. The van der Waals surface area contributed by atoms with Crippen LogP contribution >= 0.6 is 0 Å². The van der Waals surface area contributed by atoms with E-state index in [2.05, 4.69) is 20.8 Å². The average molecular weight is 248 g/mol. The third-order valence-corrected chi connectivity index (χ3v) is 2.97. The molecule has 3 heteroatoms. The number of hydrogen-bond acceptors (Lipinski definition) is 3. The van der Waals surface area contributed by atoms with Gasteiger partial charge in [0.15, 0.2) is 12.1 Å². The molecule has 2 rings (SSSR count). The molecule has 18 heavy (non-hydrogen) atoms. The molecule has 1 fully saturated rings. The van der Waals surface area contributed by atoms with E-state index >= 15 is 0 Å². The van der Waals surface area contributed by atoms with Crippen molar-refractivity contribution in [2.75, 3.05) is 6.61 Å². The van der Waals surface area contributed by atoms with Crippen molar-refractivity contribution in [2.24, 2.45) is 5.41 Å². The number of carbonyl (C=O) groups is 1. The second-order valence-corrected chi connectivity index (χ2v) is 5.78. The molecule has 98 valence electrons. The van der Waals surface area contributed by atoms with Gasteiger partial charge in [-0.05, 0) is 0 Å². The molecule has 2 atom stereocenters. The number of hydrogen-bond donors (Lipinski definition) is 0. The maximum atomic E-state index is 12.0. The standard InChI is InChI=1S/C15H20O3/c1-15(2,3)14-17-10-12(18-14)9-13(16)11-7-5-4-6-8-11/h4-8,12,14H,9-10H2,1-3H3/t12-,14-/m0/s1. The fourth-order valence-electron chi connectivity index (χ4n) is 1.96. The lowest BCUT2D eigenvalue weighted by atomic mass is 9.96. The summed E-state index contributed by atoms with van der Waals surface area (Å²) in [6.07, 6.45) is 0.0457. The Morgan fingerprint density at radius 1 is 1.28 bits per heavy atom. The maximum absolute atomic E-state index is 12.0. The van der Waals surface area contributed by atoms with Crippen molar-refractivity contribution in [1.29, 1.82) is 0 Å². The van der Waals surface area contributed by atoms with E-state index in [0.29, 0.717) is 13.0 Å². The predicted molar refractivity (Wildman–Crippen MR) is 69.5 cm³/mol. The van der Waals surface area contributed by atoms with E-state index in [9.17, 15) is 4.79 Å². The number of ketones is 1. The zero-order valence-electron chi connectivity index (χ0n) is 11.2. The number of carbonyl (C=O) groups excluding carboxylic acids is 1. The fourth-order valence-corrected chi connectivity index (χ4v) is 1.96. The van der Waals surface area contributed by atoms with Gasteiger partial charge in [-0.1, -0.05) is 51.1 Å². The minimum Gasteiger partial charge on any atom is -0.349 e. The molecule has 1 aromatic carbocycles. The molecule has 1 aliphatic heterocycles. The minimum absolute atomic E-state index is 0.0510. The van der Waals surface area contributed by atoms with Crippen LogP contribution in [0.4, 0.5) is 0 Å². The molecular formula is C15H20O3. The van der Waals surface area contributed by atoms with Gasteiger partial charge in [-0.2, -0.15) is 0 Å². The van der Waals surface area contributed by atoms with Crippen molar-refractivity contribution in [2.45, 2.75) is 39.6 Å². The van der Waals surface area contributed by atoms with Crippen LogP contribution in [0.3, 0.4) is 0 Å². The second kappa shape index (κ2) is 5.21. The highest BCUT2D eigenvalue weighted by Crippen LogP contribution is 2.30. The van der Waals surface area contributed by atoms with Gasteiger partial charge in [0.2, 0.25) is 0 Å². The van der Waals surface area contributed by atoms with Crippen LogP contribution in [0.25, 0.3) is 0 Å². The van der Waals surface area contributed by atoms with Crippen LogP contribution in [0.2, 0.25) is 0 Å². The molecule has 1 heterocycles. The van der Waals surface area contributed by atoms with Gasteiger partial charge in [-0.25, -0.2) is 0 Å². The van der Waals surface area contributed by atoms with Gasteiger partial charge in [0.25, 0.3) is 0 Å². The zero-order valence-corrected chi connectivity index (χ0v) is 11.2. The van der Waals surface area contributed by atoms with E-state index in [4.69, 9.17) is 9.47 Å². The largest absolute Gasteiger partial charge is 0.349 e. The Labute approximate surface area is 108 Å². The topological polar surface area (TPSA) is 35.5 Å². The van der Waals surface area contributed by atoms with Gasteiger partial charge >= 0.3 is 0 Å². The number of benzene rings is 1. The SMILES string of the molecule is CC(C)(C)[C@H]1OC[C@H](CC(=O)c2ccccc2)O1. The van der Waals surface area contributed by atoms with Crippen molar-refractivity contribution < 1.29 is 14.3 Å². The van der Waals surface area contributed by atoms with Crippen LogP contribution in [-0.4, -0.2) is 24.8 Å². The van der Waals surface area contributed by atoms with Gasteiger partial charge < -0.3 is 9.47 Å². The molecule has 0 aromatic heterocycles. The Morgan fingerprint density at radius 3 is 2.50 bits per heavy atom. The maximum Gasteiger partial charge on any atom is 0.165 e. The Hall–Kier alpha value is -1.19. The summed E-state index contributed by atoms with van der Waals surface area (Å²) >= 11 is 0. The molecule has 0 saturated carbocycles. The summed E-state index contributed by atoms with van der Waals surface area (Å²) in [5.41, 5.74) is 0.685. The Bertz CT molecular complexity index is 405. The third-order valence-electron chi connectivity index (χ3n) is 2.97. The second-order valence-electron chi connectivity index (χ2n) is 5.78. The van der Waals surface area contributed by atoms with Crippen molar-refractivity contribution >= 4 is 5.78 Å². The van der Waals surface area contributed by atoms with E-state index in [-0.39, 0.29) is 23.6 Å². The van der Waals surface area contributed by atoms with Crippen LogP contribution in [0, 0.1) is 5.41 Å². The number of ether oxygens (including phenoxy) is 2. The highest BCUT2D eigenvalue weighted by Gasteiger charge is 2.35. The molecular weight excluding hydrogens is 228 g/mol. The fraction of sp³-hybridized carbons (Fsp3) is 0.533. The number of Topliss-reactive ketones (excluding diaryl/α,β-unsaturated/α-hetero) is 1. The van der Waals surface area contributed by atoms with Crippen LogP contribution in [-0.2, 0) is 9.47 Å². The van der Waals surface area contributed by atoms with Crippen LogP contribution in [0.1, 0.15) is 37.6 Å². The molecule has 0 N–H and O–H groups in total. The van der Waals surface area contributed by atoms with Gasteiger partial charge in [-0.15, -0.1) is 0 Å². The van der Waals surface area contributed by atoms with E-state index in [1.165, 1.54) is 0 Å². The van der Waals surface area contributed by atoms with E-state index in [1.807, 2.05) is 30.3 Å². The molecule has 1 saturated heterocycles.